The Hall–Kier alpha value is -1.74. The average Bonchev–Trinajstić information content (AvgIpc) is 2.73. The van der Waals surface area contributed by atoms with Gasteiger partial charge in [0.05, 0.1) is 24.5 Å². The van der Waals surface area contributed by atoms with Crippen LogP contribution in [-0.2, 0) is 27.8 Å². The Balaban J connectivity index is 1.63. The number of hydrogen-bond donors (Lipinski definition) is 1. The summed E-state index contributed by atoms with van der Waals surface area (Å²) in [4.78, 5) is 35.4. The first-order chi connectivity index (χ1) is 13.8. The number of fused-ring (bicyclic) bond motifs is 1. The van der Waals surface area contributed by atoms with Crippen molar-refractivity contribution in [3.05, 3.63) is 27.4 Å². The predicted octanol–water partition coefficient (Wildman–Crippen LogP) is 1.72. The molecule has 0 radical (unpaired) electrons. The fourth-order valence-electron chi connectivity index (χ4n) is 4.94. The van der Waals surface area contributed by atoms with Crippen molar-refractivity contribution in [2.24, 2.45) is 5.92 Å². The van der Waals surface area contributed by atoms with Crippen molar-refractivity contribution in [2.75, 3.05) is 19.3 Å². The van der Waals surface area contributed by atoms with Gasteiger partial charge >= 0.3 is 0 Å². The van der Waals surface area contributed by atoms with Crippen LogP contribution >= 0.6 is 0 Å². The lowest BCUT2D eigenvalue weighted by Crippen LogP contribution is -2.44. The molecule has 2 fully saturated rings. The van der Waals surface area contributed by atoms with E-state index in [1.165, 1.54) is 17.0 Å². The second-order valence-electron chi connectivity index (χ2n) is 8.60. The number of rotatable bonds is 3. The summed E-state index contributed by atoms with van der Waals surface area (Å²) < 4.78 is 25.2. The summed E-state index contributed by atoms with van der Waals surface area (Å²) in [6.07, 6.45) is 9.55. The Morgan fingerprint density at radius 3 is 2.52 bits per heavy atom. The molecule has 1 aromatic heterocycles. The molecule has 1 amide bonds. The summed E-state index contributed by atoms with van der Waals surface area (Å²) >= 11 is 0. The van der Waals surface area contributed by atoms with Gasteiger partial charge in [-0.2, -0.15) is 4.31 Å². The van der Waals surface area contributed by atoms with Gasteiger partial charge in [-0.15, -0.1) is 0 Å². The summed E-state index contributed by atoms with van der Waals surface area (Å²) in [5.74, 6) is 0.773. The standard InChI is InChI=1S/C20H30N4O4S/c1-29(27,28)23-12-10-15-16(13-23)21-18(22-19(15)25)17-9-5-6-11-24(17)20(26)14-7-3-2-4-8-14/h14,17H,2-13H2,1H3,(H,21,22,25). The molecule has 3 heterocycles. The second-order valence-corrected chi connectivity index (χ2v) is 10.6. The first-order valence-corrected chi connectivity index (χ1v) is 12.6. The fourth-order valence-corrected chi connectivity index (χ4v) is 5.72. The zero-order valence-electron chi connectivity index (χ0n) is 17.0. The quantitative estimate of drug-likeness (QED) is 0.799. The summed E-state index contributed by atoms with van der Waals surface area (Å²) in [7, 11) is -3.34. The average molecular weight is 423 g/mol. The minimum absolute atomic E-state index is 0.0782. The first kappa shape index (κ1) is 20.5. The molecule has 8 nitrogen and oxygen atoms in total. The number of nitrogens with zero attached hydrogens (tertiary/aromatic N) is 3. The maximum Gasteiger partial charge on any atom is 0.254 e. The normalized spacial score (nSPS) is 24.3. The summed E-state index contributed by atoms with van der Waals surface area (Å²) in [6.45, 7) is 1.11. The van der Waals surface area contributed by atoms with E-state index in [0.717, 1.165) is 44.9 Å². The van der Waals surface area contributed by atoms with Crippen molar-refractivity contribution in [2.45, 2.75) is 70.4 Å². The number of sulfonamides is 1. The molecule has 1 saturated carbocycles. The highest BCUT2D eigenvalue weighted by molar-refractivity contribution is 7.88. The minimum atomic E-state index is -3.34. The zero-order chi connectivity index (χ0) is 20.6. The Morgan fingerprint density at radius 1 is 1.07 bits per heavy atom. The lowest BCUT2D eigenvalue weighted by atomic mass is 9.87. The van der Waals surface area contributed by atoms with Gasteiger partial charge in [0.25, 0.3) is 5.56 Å². The highest BCUT2D eigenvalue weighted by atomic mass is 32.2. The molecule has 160 valence electrons. The molecule has 0 bridgehead atoms. The van der Waals surface area contributed by atoms with Crippen LogP contribution in [0.4, 0.5) is 0 Å². The molecular formula is C20H30N4O4S. The molecular weight excluding hydrogens is 392 g/mol. The molecule has 1 atom stereocenters. The topological polar surface area (TPSA) is 103 Å². The Bertz CT molecular complexity index is 936. The van der Waals surface area contributed by atoms with Gasteiger partial charge in [0.1, 0.15) is 5.82 Å². The third-order valence-electron chi connectivity index (χ3n) is 6.58. The van der Waals surface area contributed by atoms with Crippen LogP contribution in [-0.4, -0.2) is 52.8 Å². The van der Waals surface area contributed by atoms with Gasteiger partial charge in [0.15, 0.2) is 0 Å². The zero-order valence-corrected chi connectivity index (χ0v) is 17.8. The van der Waals surface area contributed by atoms with E-state index in [4.69, 9.17) is 0 Å². The van der Waals surface area contributed by atoms with E-state index in [2.05, 4.69) is 9.97 Å². The molecule has 1 N–H and O–H groups in total. The minimum Gasteiger partial charge on any atom is -0.332 e. The molecule has 1 aromatic rings. The Morgan fingerprint density at radius 2 is 1.79 bits per heavy atom. The van der Waals surface area contributed by atoms with Crippen molar-refractivity contribution in [3.8, 4) is 0 Å². The van der Waals surface area contributed by atoms with Crippen molar-refractivity contribution in [1.29, 1.82) is 0 Å². The van der Waals surface area contributed by atoms with Crippen LogP contribution in [0.25, 0.3) is 0 Å². The van der Waals surface area contributed by atoms with Crippen LogP contribution in [0, 0.1) is 5.92 Å². The van der Waals surface area contributed by atoms with E-state index in [0.29, 0.717) is 36.6 Å². The molecule has 29 heavy (non-hydrogen) atoms. The molecule has 0 aromatic carbocycles. The number of likely N-dealkylation sites (tertiary alicyclic amines) is 1. The number of aromatic nitrogens is 2. The van der Waals surface area contributed by atoms with Crippen LogP contribution in [0.3, 0.4) is 0 Å². The summed E-state index contributed by atoms with van der Waals surface area (Å²) in [6, 6.07) is -0.232. The molecule has 0 spiro atoms. The first-order valence-electron chi connectivity index (χ1n) is 10.7. The third kappa shape index (κ3) is 4.26. The van der Waals surface area contributed by atoms with E-state index in [9.17, 15) is 18.0 Å². The van der Waals surface area contributed by atoms with Gasteiger partial charge in [-0.3, -0.25) is 9.59 Å². The molecule has 1 aliphatic carbocycles. The van der Waals surface area contributed by atoms with Gasteiger partial charge in [-0.25, -0.2) is 13.4 Å². The lowest BCUT2D eigenvalue weighted by molar-refractivity contribution is -0.140. The number of nitrogens with one attached hydrogen (secondary N) is 1. The number of H-pyrrole nitrogens is 1. The van der Waals surface area contributed by atoms with Crippen LogP contribution in [0.15, 0.2) is 4.79 Å². The van der Waals surface area contributed by atoms with E-state index < -0.39 is 10.0 Å². The van der Waals surface area contributed by atoms with Gasteiger partial charge in [-0.05, 0) is 38.5 Å². The Labute approximate surface area is 171 Å². The van der Waals surface area contributed by atoms with Crippen molar-refractivity contribution in [3.63, 3.8) is 0 Å². The predicted molar refractivity (Wildman–Crippen MR) is 109 cm³/mol. The van der Waals surface area contributed by atoms with Gasteiger partial charge in [0, 0.05) is 24.6 Å². The highest BCUT2D eigenvalue weighted by Crippen LogP contribution is 2.34. The number of carbonyl (C=O) groups excluding carboxylic acids is 1. The van der Waals surface area contributed by atoms with Crippen molar-refractivity contribution >= 4 is 15.9 Å². The highest BCUT2D eigenvalue weighted by Gasteiger charge is 2.35. The van der Waals surface area contributed by atoms with Gasteiger partial charge in [-0.1, -0.05) is 19.3 Å². The van der Waals surface area contributed by atoms with E-state index in [1.807, 2.05) is 4.90 Å². The molecule has 1 unspecified atom stereocenters. The number of amides is 1. The van der Waals surface area contributed by atoms with Crippen LogP contribution in [0.2, 0.25) is 0 Å². The largest absolute Gasteiger partial charge is 0.332 e. The maximum absolute atomic E-state index is 13.2. The maximum atomic E-state index is 13.2. The smallest absolute Gasteiger partial charge is 0.254 e. The Kier molecular flexibility index (Phi) is 5.79. The summed E-state index contributed by atoms with van der Waals surface area (Å²) in [5, 5.41) is 0. The number of aromatic amines is 1. The fraction of sp³-hybridized carbons (Fsp3) is 0.750. The van der Waals surface area contributed by atoms with Crippen molar-refractivity contribution < 1.29 is 13.2 Å². The molecule has 2 aliphatic heterocycles. The second kappa shape index (κ2) is 8.18. The lowest BCUT2D eigenvalue weighted by Gasteiger charge is -2.38. The van der Waals surface area contributed by atoms with E-state index in [1.54, 1.807) is 0 Å². The molecule has 9 heteroatoms. The third-order valence-corrected chi connectivity index (χ3v) is 7.83. The monoisotopic (exact) mass is 422 g/mol. The van der Waals surface area contributed by atoms with Gasteiger partial charge in [0.2, 0.25) is 15.9 Å². The summed E-state index contributed by atoms with van der Waals surface area (Å²) in [5.41, 5.74) is 0.888. The van der Waals surface area contributed by atoms with Crippen LogP contribution in [0.5, 0.6) is 0 Å². The molecule has 3 aliphatic rings. The van der Waals surface area contributed by atoms with Crippen molar-refractivity contribution in [1.82, 2.24) is 19.2 Å². The SMILES string of the molecule is CS(=O)(=O)N1CCc2c(nc(C3CCCCN3C(=O)C3CCCCC3)[nH]c2=O)C1. The van der Waals surface area contributed by atoms with E-state index in [-0.39, 0.29) is 30.0 Å². The van der Waals surface area contributed by atoms with Gasteiger partial charge < -0.3 is 9.88 Å². The van der Waals surface area contributed by atoms with E-state index >= 15 is 0 Å². The van der Waals surface area contributed by atoms with Crippen LogP contribution < -0.4 is 5.56 Å². The number of piperidine rings is 1. The number of hydrogen-bond acceptors (Lipinski definition) is 5. The molecule has 1 saturated heterocycles. The number of carbonyl (C=O) groups is 1. The molecule has 4 rings (SSSR count). The van der Waals surface area contributed by atoms with Crippen LogP contribution in [0.1, 0.15) is 74.5 Å².